The summed E-state index contributed by atoms with van der Waals surface area (Å²) < 4.78 is 0. The van der Waals surface area contributed by atoms with E-state index in [9.17, 15) is 9.90 Å². The number of nitrogens with zero attached hydrogens (tertiary/aromatic N) is 1. The normalized spacial score (nSPS) is 23.2. The summed E-state index contributed by atoms with van der Waals surface area (Å²) in [6.07, 6.45) is 4.10. The minimum atomic E-state index is -0.197. The number of ketones is 1. The predicted octanol–water partition coefficient (Wildman–Crippen LogP) is 2.30. The topological polar surface area (TPSA) is 56.3 Å². The molecule has 0 saturated heterocycles. The van der Waals surface area contributed by atoms with Crippen LogP contribution in [0.4, 0.5) is 0 Å². The number of Topliss-reactive ketones (excluding diaryl/α,β-unsaturated/α-hetero) is 1. The van der Waals surface area contributed by atoms with E-state index in [0.29, 0.717) is 12.5 Å². The lowest BCUT2D eigenvalue weighted by atomic mass is 9.86. The van der Waals surface area contributed by atoms with Crippen molar-refractivity contribution in [3.8, 4) is 0 Å². The van der Waals surface area contributed by atoms with Crippen molar-refractivity contribution in [3.05, 3.63) is 23.0 Å². The molecule has 2 rings (SSSR count). The van der Waals surface area contributed by atoms with E-state index >= 15 is 0 Å². The molecule has 0 radical (unpaired) electrons. The maximum atomic E-state index is 12.3. The minimum Gasteiger partial charge on any atom is -0.393 e. The molecule has 1 fully saturated rings. The molecule has 0 aromatic carbocycles. The van der Waals surface area contributed by atoms with E-state index in [0.717, 1.165) is 42.8 Å². The molecule has 2 N–H and O–H groups in total. The number of nitrogens with one attached hydrogen (secondary N) is 1. The van der Waals surface area contributed by atoms with Crippen molar-refractivity contribution in [3.63, 3.8) is 0 Å². The Hall–Kier alpha value is -1.13. The Morgan fingerprint density at radius 1 is 1.40 bits per heavy atom. The van der Waals surface area contributed by atoms with Crippen LogP contribution in [0.5, 0.6) is 0 Å². The number of likely N-dealkylation sites (N-methyl/N-ethyl adjacent to an activating group) is 1. The Labute approximate surface area is 121 Å². The fraction of sp³-hybridized carbons (Fsp3) is 0.688. The fourth-order valence-corrected chi connectivity index (χ4v) is 3.21. The van der Waals surface area contributed by atoms with Gasteiger partial charge in [-0.05, 0) is 45.7 Å². The molecule has 112 valence electrons. The molecular formula is C16H26N2O2. The highest BCUT2D eigenvalue weighted by Crippen LogP contribution is 2.25. The standard InChI is InChI=1S/C16H26N2O2/c1-11-8-14(12(2)17-11)16(20)10-18(3)9-13-6-4-5-7-15(13)19/h8,13,15,17,19H,4-7,9-10H2,1-3H3. The van der Waals surface area contributed by atoms with Crippen LogP contribution >= 0.6 is 0 Å². The van der Waals surface area contributed by atoms with Gasteiger partial charge in [-0.2, -0.15) is 0 Å². The van der Waals surface area contributed by atoms with Gasteiger partial charge in [-0.15, -0.1) is 0 Å². The highest BCUT2D eigenvalue weighted by Gasteiger charge is 2.25. The first-order valence-corrected chi connectivity index (χ1v) is 7.53. The number of aromatic nitrogens is 1. The maximum Gasteiger partial charge on any atom is 0.178 e. The highest BCUT2D eigenvalue weighted by molar-refractivity contribution is 5.98. The number of H-pyrrole nitrogens is 1. The van der Waals surface area contributed by atoms with Gasteiger partial charge in [-0.25, -0.2) is 0 Å². The lowest BCUT2D eigenvalue weighted by molar-refractivity contribution is 0.0501. The minimum absolute atomic E-state index is 0.152. The number of rotatable bonds is 5. The Kier molecular flexibility index (Phi) is 5.00. The first kappa shape index (κ1) is 15.3. The van der Waals surface area contributed by atoms with Crippen molar-refractivity contribution < 1.29 is 9.90 Å². The molecule has 0 amide bonds. The van der Waals surface area contributed by atoms with Crippen LogP contribution in [-0.2, 0) is 0 Å². The number of hydrogen-bond acceptors (Lipinski definition) is 3. The van der Waals surface area contributed by atoms with Crippen LogP contribution < -0.4 is 0 Å². The van der Waals surface area contributed by atoms with Crippen molar-refractivity contribution >= 4 is 5.78 Å². The summed E-state index contributed by atoms with van der Waals surface area (Å²) in [5, 5.41) is 10.00. The van der Waals surface area contributed by atoms with Crippen LogP contribution in [0.3, 0.4) is 0 Å². The van der Waals surface area contributed by atoms with Gasteiger partial charge in [-0.1, -0.05) is 12.8 Å². The third-order valence-corrected chi connectivity index (χ3v) is 4.28. The van der Waals surface area contributed by atoms with Crippen LogP contribution in [0, 0.1) is 19.8 Å². The second-order valence-electron chi connectivity index (χ2n) is 6.22. The SMILES string of the molecule is Cc1cc(C(=O)CN(C)CC2CCCCC2O)c(C)[nH]1. The molecule has 0 spiro atoms. The van der Waals surface area contributed by atoms with Gasteiger partial charge in [0.1, 0.15) is 0 Å². The van der Waals surface area contributed by atoms with E-state index in [2.05, 4.69) is 4.98 Å². The van der Waals surface area contributed by atoms with Gasteiger partial charge < -0.3 is 10.1 Å². The molecule has 20 heavy (non-hydrogen) atoms. The smallest absolute Gasteiger partial charge is 0.178 e. The Balaban J connectivity index is 1.89. The monoisotopic (exact) mass is 278 g/mol. The van der Waals surface area contributed by atoms with Gasteiger partial charge in [0.15, 0.2) is 5.78 Å². The molecule has 2 atom stereocenters. The first-order chi connectivity index (χ1) is 9.47. The maximum absolute atomic E-state index is 12.3. The van der Waals surface area contributed by atoms with Crippen molar-refractivity contribution in [2.75, 3.05) is 20.1 Å². The second-order valence-corrected chi connectivity index (χ2v) is 6.22. The number of aromatic amines is 1. The Bertz CT molecular complexity index is 467. The van der Waals surface area contributed by atoms with E-state index in [1.165, 1.54) is 6.42 Å². The number of carbonyl (C=O) groups excluding carboxylic acids is 1. The molecule has 0 bridgehead atoms. The molecule has 4 heteroatoms. The first-order valence-electron chi connectivity index (χ1n) is 7.53. The molecule has 1 aromatic rings. The molecule has 1 saturated carbocycles. The van der Waals surface area contributed by atoms with Crippen LogP contribution in [-0.4, -0.2) is 47.0 Å². The van der Waals surface area contributed by atoms with E-state index < -0.39 is 0 Å². The number of hydrogen-bond donors (Lipinski definition) is 2. The summed E-state index contributed by atoms with van der Waals surface area (Å²) >= 11 is 0. The van der Waals surface area contributed by atoms with Crippen molar-refractivity contribution in [2.45, 2.75) is 45.6 Å². The van der Waals surface area contributed by atoms with Gasteiger partial charge in [-0.3, -0.25) is 9.69 Å². The number of aryl methyl sites for hydroxylation is 2. The van der Waals surface area contributed by atoms with Crippen molar-refractivity contribution in [1.82, 2.24) is 9.88 Å². The predicted molar refractivity (Wildman–Crippen MR) is 80.1 cm³/mol. The van der Waals surface area contributed by atoms with Crippen LogP contribution in [0.25, 0.3) is 0 Å². The summed E-state index contributed by atoms with van der Waals surface area (Å²) in [5.41, 5.74) is 2.76. The van der Waals surface area contributed by atoms with E-state index in [4.69, 9.17) is 0 Å². The number of aliphatic hydroxyl groups is 1. The van der Waals surface area contributed by atoms with E-state index in [1.807, 2.05) is 31.9 Å². The summed E-state index contributed by atoms with van der Waals surface area (Å²) in [6.45, 7) is 5.12. The van der Waals surface area contributed by atoms with E-state index in [-0.39, 0.29) is 11.9 Å². The van der Waals surface area contributed by atoms with Gasteiger partial charge in [0.25, 0.3) is 0 Å². The van der Waals surface area contributed by atoms with Gasteiger partial charge in [0.05, 0.1) is 12.6 Å². The molecule has 1 aliphatic rings. The summed E-state index contributed by atoms with van der Waals surface area (Å²) in [5.74, 6) is 0.468. The Morgan fingerprint density at radius 3 is 2.70 bits per heavy atom. The molecule has 1 aromatic heterocycles. The lowest BCUT2D eigenvalue weighted by Crippen LogP contribution is -2.37. The third-order valence-electron chi connectivity index (χ3n) is 4.28. The fourth-order valence-electron chi connectivity index (χ4n) is 3.21. The number of carbonyl (C=O) groups is 1. The van der Waals surface area contributed by atoms with Crippen molar-refractivity contribution in [1.29, 1.82) is 0 Å². The third kappa shape index (κ3) is 3.70. The molecule has 4 nitrogen and oxygen atoms in total. The second kappa shape index (κ2) is 6.55. The van der Waals surface area contributed by atoms with Gasteiger partial charge in [0.2, 0.25) is 0 Å². The Morgan fingerprint density at radius 2 is 2.10 bits per heavy atom. The molecule has 1 aliphatic carbocycles. The number of aliphatic hydroxyl groups excluding tert-OH is 1. The van der Waals surface area contributed by atoms with Crippen molar-refractivity contribution in [2.24, 2.45) is 5.92 Å². The summed E-state index contributed by atoms with van der Waals surface area (Å²) in [7, 11) is 1.97. The molecule has 2 unspecified atom stereocenters. The average Bonchev–Trinajstić information content (AvgIpc) is 2.71. The zero-order valence-corrected chi connectivity index (χ0v) is 12.8. The van der Waals surface area contributed by atoms with Gasteiger partial charge in [0, 0.05) is 23.5 Å². The average molecular weight is 278 g/mol. The zero-order valence-electron chi connectivity index (χ0n) is 12.8. The van der Waals surface area contributed by atoms with Crippen LogP contribution in [0.2, 0.25) is 0 Å². The summed E-state index contributed by atoms with van der Waals surface area (Å²) in [6, 6.07) is 1.92. The van der Waals surface area contributed by atoms with Gasteiger partial charge >= 0.3 is 0 Å². The summed E-state index contributed by atoms with van der Waals surface area (Å²) in [4.78, 5) is 17.5. The quantitative estimate of drug-likeness (QED) is 0.813. The molecule has 1 heterocycles. The van der Waals surface area contributed by atoms with Crippen LogP contribution in [0.1, 0.15) is 47.4 Å². The molecular weight excluding hydrogens is 252 g/mol. The lowest BCUT2D eigenvalue weighted by Gasteiger charge is -2.30. The molecule has 0 aliphatic heterocycles. The zero-order chi connectivity index (χ0) is 14.7. The highest BCUT2D eigenvalue weighted by atomic mass is 16.3. The largest absolute Gasteiger partial charge is 0.393 e. The van der Waals surface area contributed by atoms with Crippen LogP contribution in [0.15, 0.2) is 6.07 Å². The van der Waals surface area contributed by atoms with E-state index in [1.54, 1.807) is 0 Å².